The van der Waals surface area contributed by atoms with Gasteiger partial charge in [-0.25, -0.2) is 0 Å². The smallest absolute Gasteiger partial charge is 0.121 e. The van der Waals surface area contributed by atoms with Crippen LogP contribution in [0.15, 0.2) is 54.7 Å². The van der Waals surface area contributed by atoms with Crippen molar-refractivity contribution in [3.8, 4) is 11.5 Å². The van der Waals surface area contributed by atoms with Gasteiger partial charge in [-0.15, -0.1) is 0 Å². The van der Waals surface area contributed by atoms with Crippen LogP contribution in [-0.4, -0.2) is 53.8 Å². The summed E-state index contributed by atoms with van der Waals surface area (Å²) in [6, 6.07) is 16.2. The first kappa shape index (κ1) is 21.2. The number of aliphatic hydroxyl groups is 2. The van der Waals surface area contributed by atoms with Gasteiger partial charge in [-0.1, -0.05) is 12.1 Å². The average Bonchev–Trinajstić information content (AvgIpc) is 3.16. The van der Waals surface area contributed by atoms with Crippen LogP contribution in [0.1, 0.15) is 12.5 Å². The fourth-order valence-electron chi connectivity index (χ4n) is 3.20. The predicted octanol–water partition coefficient (Wildman–Crippen LogP) is 2.60. The number of aliphatic hydroxyl groups excluding tert-OH is 2. The molecule has 0 amide bonds. The topological polar surface area (TPSA) is 75.9 Å². The molecule has 0 radical (unpaired) electrons. The highest BCUT2D eigenvalue weighted by molar-refractivity contribution is 5.81. The van der Waals surface area contributed by atoms with Crippen molar-refractivity contribution in [3.63, 3.8) is 0 Å². The minimum absolute atomic E-state index is 0.110. The van der Waals surface area contributed by atoms with Crippen LogP contribution in [0.2, 0.25) is 0 Å². The molecular formula is C23H30N2O4. The monoisotopic (exact) mass is 398 g/mol. The lowest BCUT2D eigenvalue weighted by molar-refractivity contribution is 0.104. The molecule has 3 rings (SSSR count). The molecule has 0 atom stereocenters. The highest BCUT2D eigenvalue weighted by Crippen LogP contribution is 2.22. The van der Waals surface area contributed by atoms with E-state index in [4.69, 9.17) is 9.47 Å². The Morgan fingerprint density at radius 3 is 2.62 bits per heavy atom. The zero-order chi connectivity index (χ0) is 20.7. The Labute approximate surface area is 171 Å². The first-order chi connectivity index (χ1) is 14.1. The minimum Gasteiger partial charge on any atom is -0.497 e. The second-order valence-electron chi connectivity index (χ2n) is 7.48. The van der Waals surface area contributed by atoms with Crippen molar-refractivity contribution in [2.75, 3.05) is 33.5 Å². The van der Waals surface area contributed by atoms with Crippen molar-refractivity contribution in [3.05, 3.63) is 60.3 Å². The molecule has 6 nitrogen and oxygen atoms in total. The van der Waals surface area contributed by atoms with E-state index < -0.39 is 5.54 Å². The van der Waals surface area contributed by atoms with Crippen LogP contribution in [0.4, 0.5) is 0 Å². The van der Waals surface area contributed by atoms with Gasteiger partial charge in [0.25, 0.3) is 0 Å². The third-order valence-electron chi connectivity index (χ3n) is 5.14. The van der Waals surface area contributed by atoms with Crippen molar-refractivity contribution < 1.29 is 19.7 Å². The molecule has 0 bridgehead atoms. The second-order valence-corrected chi connectivity index (χ2v) is 7.48. The van der Waals surface area contributed by atoms with Gasteiger partial charge < -0.3 is 29.6 Å². The Morgan fingerprint density at radius 1 is 1.03 bits per heavy atom. The molecule has 6 heteroatoms. The molecule has 0 spiro atoms. The maximum Gasteiger partial charge on any atom is 0.121 e. The molecule has 1 aromatic heterocycles. The summed E-state index contributed by atoms with van der Waals surface area (Å²) in [5.74, 6) is 1.69. The molecule has 3 aromatic rings. The lowest BCUT2D eigenvalue weighted by Gasteiger charge is -2.26. The maximum atomic E-state index is 9.39. The standard InChI is InChI=1S/C23H30N2O4/c1-23(16-26,17-27)24-10-12-25-11-8-19-6-7-21(15-22(19)25)29-13-9-18-4-3-5-20(14-18)28-2/h3-8,11,14-15,24,26-27H,9-10,12-13,16-17H2,1-2H3. The molecule has 3 N–H and O–H groups in total. The van der Waals surface area contributed by atoms with E-state index >= 15 is 0 Å². The van der Waals surface area contributed by atoms with E-state index in [2.05, 4.69) is 34.1 Å². The van der Waals surface area contributed by atoms with Gasteiger partial charge >= 0.3 is 0 Å². The molecule has 0 saturated heterocycles. The predicted molar refractivity (Wildman–Crippen MR) is 115 cm³/mol. The fourth-order valence-corrected chi connectivity index (χ4v) is 3.20. The number of hydrogen-bond donors (Lipinski definition) is 3. The third kappa shape index (κ3) is 5.50. The number of hydrogen-bond acceptors (Lipinski definition) is 5. The molecule has 29 heavy (non-hydrogen) atoms. The summed E-state index contributed by atoms with van der Waals surface area (Å²) in [7, 11) is 1.67. The molecule has 0 aliphatic rings. The van der Waals surface area contributed by atoms with E-state index in [1.807, 2.05) is 30.5 Å². The summed E-state index contributed by atoms with van der Waals surface area (Å²) in [4.78, 5) is 0. The van der Waals surface area contributed by atoms with Crippen LogP contribution in [0.3, 0.4) is 0 Å². The molecular weight excluding hydrogens is 368 g/mol. The van der Waals surface area contributed by atoms with E-state index in [1.54, 1.807) is 14.0 Å². The van der Waals surface area contributed by atoms with Crippen molar-refractivity contribution >= 4 is 10.9 Å². The van der Waals surface area contributed by atoms with E-state index in [0.29, 0.717) is 13.2 Å². The largest absolute Gasteiger partial charge is 0.497 e. The van der Waals surface area contributed by atoms with E-state index in [9.17, 15) is 10.2 Å². The molecule has 0 aliphatic heterocycles. The number of fused-ring (bicyclic) bond motifs is 1. The highest BCUT2D eigenvalue weighted by Gasteiger charge is 2.20. The van der Waals surface area contributed by atoms with Gasteiger partial charge in [0.1, 0.15) is 11.5 Å². The van der Waals surface area contributed by atoms with Gasteiger partial charge in [-0.05, 0) is 48.2 Å². The number of ether oxygens (including phenoxy) is 2. The summed E-state index contributed by atoms with van der Waals surface area (Å²) in [5, 5.41) is 23.1. The highest BCUT2D eigenvalue weighted by atomic mass is 16.5. The first-order valence-electron chi connectivity index (χ1n) is 9.88. The zero-order valence-corrected chi connectivity index (χ0v) is 17.1. The third-order valence-corrected chi connectivity index (χ3v) is 5.14. The summed E-state index contributed by atoms with van der Waals surface area (Å²) >= 11 is 0. The van der Waals surface area contributed by atoms with Crippen LogP contribution in [0.5, 0.6) is 11.5 Å². The summed E-state index contributed by atoms with van der Waals surface area (Å²) in [6.45, 7) is 3.54. The molecule has 0 aliphatic carbocycles. The quantitative estimate of drug-likeness (QED) is 0.463. The van der Waals surface area contributed by atoms with Crippen molar-refractivity contribution in [1.82, 2.24) is 9.88 Å². The lowest BCUT2D eigenvalue weighted by Crippen LogP contribution is -2.49. The Balaban J connectivity index is 1.59. The zero-order valence-electron chi connectivity index (χ0n) is 17.1. The van der Waals surface area contributed by atoms with E-state index in [1.165, 1.54) is 5.56 Å². The summed E-state index contributed by atoms with van der Waals surface area (Å²) < 4.78 is 13.4. The summed E-state index contributed by atoms with van der Waals surface area (Å²) in [6.07, 6.45) is 2.85. The molecule has 2 aromatic carbocycles. The van der Waals surface area contributed by atoms with Gasteiger partial charge in [-0.3, -0.25) is 0 Å². The lowest BCUT2D eigenvalue weighted by atomic mass is 10.1. The number of nitrogens with one attached hydrogen (secondary N) is 1. The van der Waals surface area contributed by atoms with Crippen LogP contribution in [0.25, 0.3) is 10.9 Å². The van der Waals surface area contributed by atoms with Gasteiger partial charge in [-0.2, -0.15) is 0 Å². The molecule has 156 valence electrons. The molecule has 1 heterocycles. The minimum atomic E-state index is -0.669. The van der Waals surface area contributed by atoms with Crippen LogP contribution in [0, 0.1) is 0 Å². The number of aromatic nitrogens is 1. The van der Waals surface area contributed by atoms with Crippen molar-refractivity contribution in [2.24, 2.45) is 0 Å². The number of rotatable bonds is 11. The SMILES string of the molecule is COc1cccc(CCOc2ccc3ccn(CCNC(C)(CO)CO)c3c2)c1. The van der Waals surface area contributed by atoms with Crippen LogP contribution >= 0.6 is 0 Å². The van der Waals surface area contributed by atoms with E-state index in [0.717, 1.165) is 35.4 Å². The summed E-state index contributed by atoms with van der Waals surface area (Å²) in [5.41, 5.74) is 1.60. The van der Waals surface area contributed by atoms with Crippen molar-refractivity contribution in [1.29, 1.82) is 0 Å². The molecule has 0 unspecified atom stereocenters. The Kier molecular flexibility index (Phi) is 7.14. The van der Waals surface area contributed by atoms with Gasteiger partial charge in [0.2, 0.25) is 0 Å². The number of nitrogens with zero attached hydrogens (tertiary/aromatic N) is 1. The molecule has 0 saturated carbocycles. The fraction of sp³-hybridized carbons (Fsp3) is 0.391. The molecule has 0 fully saturated rings. The Morgan fingerprint density at radius 2 is 1.86 bits per heavy atom. The Hall–Kier alpha value is -2.54. The first-order valence-corrected chi connectivity index (χ1v) is 9.88. The second kappa shape index (κ2) is 9.78. The normalized spacial score (nSPS) is 11.7. The van der Waals surface area contributed by atoms with Crippen molar-refractivity contribution in [2.45, 2.75) is 25.4 Å². The van der Waals surface area contributed by atoms with Gasteiger partial charge in [0, 0.05) is 31.8 Å². The Bertz CT molecular complexity index is 918. The van der Waals surface area contributed by atoms with Gasteiger partial charge in [0.15, 0.2) is 0 Å². The maximum absolute atomic E-state index is 9.39. The van der Waals surface area contributed by atoms with Crippen LogP contribution < -0.4 is 14.8 Å². The number of benzene rings is 2. The van der Waals surface area contributed by atoms with Crippen LogP contribution in [-0.2, 0) is 13.0 Å². The van der Waals surface area contributed by atoms with Gasteiger partial charge in [0.05, 0.1) is 38.0 Å². The van der Waals surface area contributed by atoms with E-state index in [-0.39, 0.29) is 13.2 Å². The number of methoxy groups -OCH3 is 1. The average molecular weight is 399 g/mol.